The van der Waals surface area contributed by atoms with Gasteiger partial charge in [0.25, 0.3) is 0 Å². The molecule has 0 spiro atoms. The fourth-order valence-electron chi connectivity index (χ4n) is 3.18. The molecule has 2 aromatic carbocycles. The Labute approximate surface area is 161 Å². The van der Waals surface area contributed by atoms with Crippen molar-refractivity contribution >= 4 is 5.97 Å². The first-order chi connectivity index (χ1) is 14.2. The second-order valence-electron chi connectivity index (χ2n) is 6.22. The molecule has 1 N–H and O–H groups in total. The minimum atomic E-state index is -2.77. The number of carbonyl (C=O) groups is 1. The van der Waals surface area contributed by atoms with Crippen molar-refractivity contribution in [3.63, 3.8) is 0 Å². The first-order valence-corrected chi connectivity index (χ1v) is 8.90. The third kappa shape index (κ3) is 3.97. The monoisotopic (exact) mass is 357 g/mol. The Kier molecular flexibility index (Phi) is 4.81. The molecule has 3 rings (SSSR count). The molecule has 0 aromatic heterocycles. The molecule has 1 saturated heterocycles. The molecular formula is C22H27NO3. The van der Waals surface area contributed by atoms with Gasteiger partial charge in [-0.1, -0.05) is 67.6 Å². The van der Waals surface area contributed by atoms with Crippen LogP contribution in [0.1, 0.15) is 42.7 Å². The summed E-state index contributed by atoms with van der Waals surface area (Å²) in [5.41, 5.74) is -1.20. The zero-order chi connectivity index (χ0) is 21.8. The molecule has 0 aliphatic carbocycles. The van der Waals surface area contributed by atoms with E-state index in [0.29, 0.717) is 24.0 Å². The summed E-state index contributed by atoms with van der Waals surface area (Å²) in [4.78, 5) is 13.7. The van der Waals surface area contributed by atoms with Crippen molar-refractivity contribution in [3.05, 3.63) is 71.8 Å². The quantitative estimate of drug-likeness (QED) is 0.769. The van der Waals surface area contributed by atoms with Crippen LogP contribution in [0.2, 0.25) is 0 Å². The van der Waals surface area contributed by atoms with E-state index in [2.05, 4.69) is 5.32 Å². The second-order valence-corrected chi connectivity index (χ2v) is 6.22. The van der Waals surface area contributed by atoms with Crippen LogP contribution in [0.5, 0.6) is 0 Å². The average molecular weight is 357 g/mol. The van der Waals surface area contributed by atoms with Crippen LogP contribution in [0.4, 0.5) is 0 Å². The summed E-state index contributed by atoms with van der Waals surface area (Å²) in [5.74, 6) is -0.750. The van der Waals surface area contributed by atoms with Gasteiger partial charge in [0, 0.05) is 9.30 Å². The van der Waals surface area contributed by atoms with Gasteiger partial charge in [-0.05, 0) is 43.4 Å². The van der Waals surface area contributed by atoms with E-state index in [1.807, 2.05) is 0 Å². The molecule has 138 valence electrons. The molecule has 0 bridgehead atoms. The molecule has 0 radical (unpaired) electrons. The Morgan fingerprint density at radius 3 is 2.12 bits per heavy atom. The van der Waals surface area contributed by atoms with Crippen LogP contribution in [0.15, 0.2) is 60.7 Å². The molecule has 4 heteroatoms. The second kappa shape index (κ2) is 8.97. The molecule has 1 heterocycles. The van der Waals surface area contributed by atoms with Gasteiger partial charge in [-0.3, -0.25) is 0 Å². The maximum absolute atomic E-state index is 13.7. The lowest BCUT2D eigenvalue weighted by atomic mass is 9.85. The molecule has 0 saturated carbocycles. The molecule has 0 amide bonds. The molecule has 1 aliphatic rings. The highest BCUT2D eigenvalue weighted by Crippen LogP contribution is 2.36. The highest BCUT2D eigenvalue weighted by atomic mass is 16.6. The minimum Gasteiger partial charge on any atom is -0.460 e. The first kappa shape index (κ1) is 14.0. The van der Waals surface area contributed by atoms with Gasteiger partial charge >= 0.3 is 5.97 Å². The van der Waals surface area contributed by atoms with Crippen molar-refractivity contribution in [3.8, 4) is 0 Å². The molecule has 26 heavy (non-hydrogen) atoms. The van der Waals surface area contributed by atoms with Crippen molar-refractivity contribution in [1.82, 2.24) is 5.32 Å². The van der Waals surface area contributed by atoms with Crippen molar-refractivity contribution in [1.29, 1.82) is 0 Å². The van der Waals surface area contributed by atoms with E-state index >= 15 is 0 Å². The lowest BCUT2D eigenvalue weighted by Crippen LogP contribution is -2.45. The smallest absolute Gasteiger partial charge is 0.348 e. The van der Waals surface area contributed by atoms with Crippen LogP contribution in [0, 0.1) is 0 Å². The Balaban J connectivity index is 2.14. The lowest BCUT2D eigenvalue weighted by molar-refractivity contribution is -0.175. The van der Waals surface area contributed by atoms with E-state index in [0.717, 1.165) is 20.0 Å². The number of benzene rings is 2. The van der Waals surface area contributed by atoms with Gasteiger partial charge in [0.15, 0.2) is 0 Å². The van der Waals surface area contributed by atoms with Crippen molar-refractivity contribution < 1.29 is 19.8 Å². The zero-order valence-electron chi connectivity index (χ0n) is 18.9. The van der Waals surface area contributed by atoms with Crippen LogP contribution >= 0.6 is 0 Å². The number of nitrogens with one attached hydrogen (secondary N) is 1. The summed E-state index contributed by atoms with van der Waals surface area (Å²) >= 11 is 0. The Morgan fingerprint density at radius 2 is 1.62 bits per heavy atom. The number of rotatable bonds is 7. The van der Waals surface area contributed by atoms with Crippen molar-refractivity contribution in [2.24, 2.45) is 0 Å². The number of hydrogen-bond donors (Lipinski definition) is 1. The van der Waals surface area contributed by atoms with E-state index < -0.39 is 24.5 Å². The Morgan fingerprint density at radius 1 is 1.08 bits per heavy atom. The van der Waals surface area contributed by atoms with Gasteiger partial charge in [-0.2, -0.15) is 0 Å². The molecule has 1 fully saturated rings. The molecule has 2 aromatic rings. The average Bonchev–Trinajstić information content (AvgIpc) is 2.73. The summed E-state index contributed by atoms with van der Waals surface area (Å²) in [5, 5.41) is 3.22. The van der Waals surface area contributed by atoms with Gasteiger partial charge in [-0.25, -0.2) is 4.79 Å². The maximum atomic E-state index is 13.7. The number of carbonyl (C=O) groups excluding carboxylic acids is 1. The minimum absolute atomic E-state index is 0.321. The fourth-order valence-corrected chi connectivity index (χ4v) is 3.18. The summed E-state index contributed by atoms with van der Waals surface area (Å²) in [7, 11) is 0. The number of hydrogen-bond acceptors (Lipinski definition) is 4. The van der Waals surface area contributed by atoms with Crippen LogP contribution in [-0.4, -0.2) is 31.7 Å². The zero-order valence-corrected chi connectivity index (χ0v) is 14.9. The normalized spacial score (nSPS) is 19.0. The molecule has 4 nitrogen and oxygen atoms in total. The Hall–Kier alpha value is -2.17. The summed E-state index contributed by atoms with van der Waals surface area (Å²) < 4.78 is 44.1. The molecule has 0 atom stereocenters. The standard InChI is InChI=1S/C22H27NO3/c1-2-17-25-22(18-9-5-3-6-10-18,19-11-7-4-8-12-19)21(24)26-20-13-15-23-16-14-20/h3-12,20,23H,2,13-17H2,1H3/i2D2,17D2. The van der Waals surface area contributed by atoms with Crippen LogP contribution in [0.25, 0.3) is 0 Å². The summed E-state index contributed by atoms with van der Waals surface area (Å²) in [6.07, 6.45) is -1.39. The third-order valence-electron chi connectivity index (χ3n) is 4.51. The van der Waals surface area contributed by atoms with E-state index in [9.17, 15) is 4.79 Å². The van der Waals surface area contributed by atoms with E-state index in [-0.39, 0.29) is 6.10 Å². The summed E-state index contributed by atoms with van der Waals surface area (Å²) in [6.45, 7) is -0.237. The predicted molar refractivity (Wildman–Crippen MR) is 102 cm³/mol. The van der Waals surface area contributed by atoms with E-state index in [1.54, 1.807) is 60.7 Å². The number of ether oxygens (including phenoxy) is 2. The van der Waals surface area contributed by atoms with Crippen LogP contribution in [-0.2, 0) is 19.9 Å². The molecule has 0 unspecified atom stereocenters. The van der Waals surface area contributed by atoms with Gasteiger partial charge in [0.2, 0.25) is 5.60 Å². The lowest BCUT2D eigenvalue weighted by Gasteiger charge is -2.35. The number of esters is 1. The van der Waals surface area contributed by atoms with Crippen molar-refractivity contribution in [2.75, 3.05) is 19.6 Å². The molecule has 1 aliphatic heterocycles. The number of piperidine rings is 1. The summed E-state index contributed by atoms with van der Waals surface area (Å²) in [6, 6.07) is 17.1. The van der Waals surface area contributed by atoms with Crippen LogP contribution < -0.4 is 5.32 Å². The van der Waals surface area contributed by atoms with Gasteiger partial charge < -0.3 is 14.8 Å². The van der Waals surface area contributed by atoms with E-state index in [4.69, 9.17) is 15.0 Å². The van der Waals surface area contributed by atoms with Crippen molar-refractivity contribution in [2.45, 2.75) is 37.8 Å². The fraction of sp³-hybridized carbons (Fsp3) is 0.409. The SMILES string of the molecule is [2H]C([2H])(C)C([2H])([2H])OC(C(=O)OC1CCNCC1)(c1ccccc1)c1ccccc1. The van der Waals surface area contributed by atoms with Gasteiger partial charge in [0.05, 0.1) is 2.74 Å². The highest BCUT2D eigenvalue weighted by Gasteiger charge is 2.45. The molecular weight excluding hydrogens is 326 g/mol. The largest absolute Gasteiger partial charge is 0.460 e. The third-order valence-corrected chi connectivity index (χ3v) is 4.51. The maximum Gasteiger partial charge on any atom is 0.348 e. The first-order valence-electron chi connectivity index (χ1n) is 10.9. The van der Waals surface area contributed by atoms with E-state index in [1.165, 1.54) is 0 Å². The van der Waals surface area contributed by atoms with Crippen LogP contribution in [0.3, 0.4) is 0 Å². The van der Waals surface area contributed by atoms with Gasteiger partial charge in [0.1, 0.15) is 6.10 Å². The predicted octanol–water partition coefficient (Wildman–Crippen LogP) is 3.65. The van der Waals surface area contributed by atoms with Gasteiger partial charge in [-0.15, -0.1) is 0 Å². The topological polar surface area (TPSA) is 47.6 Å². The highest BCUT2D eigenvalue weighted by molar-refractivity contribution is 5.86. The Bertz CT molecular complexity index is 795.